The molecule has 0 aromatic rings. The Balaban J connectivity index is 1.91. The molecule has 2 nitrogen and oxygen atoms in total. The van der Waals surface area contributed by atoms with Crippen LogP contribution in [0.3, 0.4) is 0 Å². The van der Waals surface area contributed by atoms with Crippen molar-refractivity contribution < 1.29 is 0 Å². The van der Waals surface area contributed by atoms with E-state index in [1.807, 2.05) is 0 Å². The maximum atomic E-state index is 3.70. The van der Waals surface area contributed by atoms with Gasteiger partial charge in [0.25, 0.3) is 0 Å². The van der Waals surface area contributed by atoms with Crippen molar-refractivity contribution in [2.45, 2.75) is 38.3 Å². The van der Waals surface area contributed by atoms with E-state index in [1.54, 1.807) is 0 Å². The summed E-state index contributed by atoms with van der Waals surface area (Å²) in [5.74, 6) is 0.929. The van der Waals surface area contributed by atoms with Gasteiger partial charge in [0, 0.05) is 18.6 Å². The van der Waals surface area contributed by atoms with Crippen LogP contribution < -0.4 is 10.6 Å². The second-order valence-electron chi connectivity index (χ2n) is 3.87. The summed E-state index contributed by atoms with van der Waals surface area (Å²) in [6.45, 7) is 4.72. The fourth-order valence-corrected chi connectivity index (χ4v) is 2.35. The molecule has 2 heterocycles. The molecule has 0 saturated carbocycles. The summed E-state index contributed by atoms with van der Waals surface area (Å²) in [5.41, 5.74) is 0. The highest BCUT2D eigenvalue weighted by Crippen LogP contribution is 2.23. The van der Waals surface area contributed by atoms with Crippen molar-refractivity contribution in [2.24, 2.45) is 5.92 Å². The number of hydrogen-bond donors (Lipinski definition) is 2. The molecule has 2 rings (SSSR count). The van der Waals surface area contributed by atoms with Crippen LogP contribution in [0.5, 0.6) is 0 Å². The van der Waals surface area contributed by atoms with E-state index in [0.29, 0.717) is 0 Å². The van der Waals surface area contributed by atoms with Gasteiger partial charge in [0.05, 0.1) is 0 Å². The molecule has 0 aliphatic carbocycles. The molecule has 0 spiro atoms. The molecule has 2 aliphatic rings. The van der Waals surface area contributed by atoms with Gasteiger partial charge in [-0.25, -0.2) is 0 Å². The van der Waals surface area contributed by atoms with E-state index < -0.39 is 0 Å². The van der Waals surface area contributed by atoms with E-state index >= 15 is 0 Å². The standard InChI is InChI=1S/C9H18N2/c1-2-8-4-3-7-5-10-6-9(7)11-8/h7-11H,2-6H2,1H3. The average molecular weight is 154 g/mol. The average Bonchev–Trinajstić information content (AvgIpc) is 2.50. The highest BCUT2D eigenvalue weighted by Gasteiger charge is 2.32. The summed E-state index contributed by atoms with van der Waals surface area (Å²) in [7, 11) is 0. The van der Waals surface area contributed by atoms with Gasteiger partial charge in [0.15, 0.2) is 0 Å². The third-order valence-corrected chi connectivity index (χ3v) is 3.17. The van der Waals surface area contributed by atoms with Crippen molar-refractivity contribution in [3.63, 3.8) is 0 Å². The molecule has 0 amide bonds. The fourth-order valence-electron chi connectivity index (χ4n) is 2.35. The number of fused-ring (bicyclic) bond motifs is 1. The summed E-state index contributed by atoms with van der Waals surface area (Å²) in [6.07, 6.45) is 4.12. The van der Waals surface area contributed by atoms with Crippen molar-refractivity contribution in [1.82, 2.24) is 10.6 Å². The smallest absolute Gasteiger partial charge is 0.0235 e. The highest BCUT2D eigenvalue weighted by atomic mass is 15.1. The van der Waals surface area contributed by atoms with E-state index in [2.05, 4.69) is 17.6 Å². The number of piperidine rings is 1. The number of rotatable bonds is 1. The molecule has 2 N–H and O–H groups in total. The molecule has 2 heteroatoms. The zero-order valence-electron chi connectivity index (χ0n) is 7.27. The largest absolute Gasteiger partial charge is 0.315 e. The van der Waals surface area contributed by atoms with Crippen molar-refractivity contribution in [3.05, 3.63) is 0 Å². The minimum atomic E-state index is 0.786. The number of hydrogen-bond acceptors (Lipinski definition) is 2. The fraction of sp³-hybridized carbons (Fsp3) is 1.00. The van der Waals surface area contributed by atoms with Crippen LogP contribution in [0.2, 0.25) is 0 Å². The first-order valence-electron chi connectivity index (χ1n) is 4.87. The monoisotopic (exact) mass is 154 g/mol. The minimum absolute atomic E-state index is 0.786. The second kappa shape index (κ2) is 3.11. The molecule has 0 bridgehead atoms. The third-order valence-electron chi connectivity index (χ3n) is 3.17. The molecule has 0 radical (unpaired) electrons. The first-order chi connectivity index (χ1) is 5.40. The molecule has 2 fully saturated rings. The van der Waals surface area contributed by atoms with Crippen LogP contribution in [-0.2, 0) is 0 Å². The highest BCUT2D eigenvalue weighted by molar-refractivity contribution is 4.92. The second-order valence-corrected chi connectivity index (χ2v) is 3.87. The Labute approximate surface area is 68.7 Å². The van der Waals surface area contributed by atoms with Crippen LogP contribution in [-0.4, -0.2) is 25.2 Å². The van der Waals surface area contributed by atoms with E-state index in [9.17, 15) is 0 Å². The van der Waals surface area contributed by atoms with Crippen LogP contribution in [0, 0.1) is 5.92 Å². The van der Waals surface area contributed by atoms with E-state index in [4.69, 9.17) is 0 Å². The lowest BCUT2D eigenvalue weighted by atomic mass is 9.89. The SMILES string of the molecule is CCC1CCC2CNCC2N1. The van der Waals surface area contributed by atoms with Crippen LogP contribution >= 0.6 is 0 Å². The first kappa shape index (κ1) is 7.56. The van der Waals surface area contributed by atoms with Gasteiger partial charge < -0.3 is 10.6 Å². The van der Waals surface area contributed by atoms with Crippen LogP contribution in [0.15, 0.2) is 0 Å². The van der Waals surface area contributed by atoms with Gasteiger partial charge in [-0.1, -0.05) is 6.92 Å². The van der Waals surface area contributed by atoms with Crippen LogP contribution in [0.25, 0.3) is 0 Å². The van der Waals surface area contributed by atoms with Crippen LogP contribution in [0.4, 0.5) is 0 Å². The predicted octanol–water partition coefficient (Wildman–Crippen LogP) is 0.736. The van der Waals surface area contributed by atoms with Gasteiger partial charge in [-0.3, -0.25) is 0 Å². The normalized spacial score (nSPS) is 43.9. The summed E-state index contributed by atoms with van der Waals surface area (Å²) in [5, 5.41) is 7.15. The molecule has 11 heavy (non-hydrogen) atoms. The third kappa shape index (κ3) is 1.42. The van der Waals surface area contributed by atoms with Gasteiger partial charge in [0.1, 0.15) is 0 Å². The molecule has 2 saturated heterocycles. The summed E-state index contributed by atoms with van der Waals surface area (Å²) >= 11 is 0. The quantitative estimate of drug-likeness (QED) is 0.582. The van der Waals surface area contributed by atoms with Gasteiger partial charge >= 0.3 is 0 Å². The summed E-state index contributed by atoms with van der Waals surface area (Å²) in [4.78, 5) is 0. The zero-order valence-corrected chi connectivity index (χ0v) is 7.27. The molecule has 2 aliphatic heterocycles. The summed E-state index contributed by atoms with van der Waals surface area (Å²) in [6, 6.07) is 1.59. The molecule has 3 unspecified atom stereocenters. The van der Waals surface area contributed by atoms with Crippen molar-refractivity contribution in [3.8, 4) is 0 Å². The minimum Gasteiger partial charge on any atom is -0.315 e. The Hall–Kier alpha value is -0.0800. The lowest BCUT2D eigenvalue weighted by Gasteiger charge is -2.32. The van der Waals surface area contributed by atoms with Crippen molar-refractivity contribution in [1.29, 1.82) is 0 Å². The molecular formula is C9H18N2. The maximum absolute atomic E-state index is 3.70. The predicted molar refractivity (Wildman–Crippen MR) is 46.6 cm³/mol. The summed E-state index contributed by atoms with van der Waals surface area (Å²) < 4.78 is 0. The van der Waals surface area contributed by atoms with Crippen molar-refractivity contribution >= 4 is 0 Å². The molecule has 64 valence electrons. The Kier molecular flexibility index (Phi) is 2.14. The van der Waals surface area contributed by atoms with Gasteiger partial charge in [-0.15, -0.1) is 0 Å². The Bertz CT molecular complexity index is 136. The lowest BCUT2D eigenvalue weighted by Crippen LogP contribution is -2.46. The van der Waals surface area contributed by atoms with Gasteiger partial charge in [0.2, 0.25) is 0 Å². The van der Waals surface area contributed by atoms with Gasteiger partial charge in [-0.05, 0) is 31.7 Å². The van der Waals surface area contributed by atoms with E-state index in [1.165, 1.54) is 32.4 Å². The van der Waals surface area contributed by atoms with Crippen LogP contribution in [0.1, 0.15) is 26.2 Å². The maximum Gasteiger partial charge on any atom is 0.0235 e. The Morgan fingerprint density at radius 1 is 1.27 bits per heavy atom. The van der Waals surface area contributed by atoms with Gasteiger partial charge in [-0.2, -0.15) is 0 Å². The van der Waals surface area contributed by atoms with E-state index in [0.717, 1.165) is 18.0 Å². The van der Waals surface area contributed by atoms with Crippen molar-refractivity contribution in [2.75, 3.05) is 13.1 Å². The Morgan fingerprint density at radius 2 is 2.18 bits per heavy atom. The lowest BCUT2D eigenvalue weighted by molar-refractivity contribution is 0.270. The Morgan fingerprint density at radius 3 is 3.00 bits per heavy atom. The molecule has 0 aromatic carbocycles. The topological polar surface area (TPSA) is 24.1 Å². The molecule has 3 atom stereocenters. The first-order valence-corrected chi connectivity index (χ1v) is 4.87. The number of nitrogens with one attached hydrogen (secondary N) is 2. The van der Waals surface area contributed by atoms with E-state index in [-0.39, 0.29) is 0 Å². The zero-order chi connectivity index (χ0) is 7.68. The molecule has 0 aromatic heterocycles. The molecular weight excluding hydrogens is 136 g/mol.